The van der Waals surface area contributed by atoms with Crippen LogP contribution in [0.4, 0.5) is 0 Å². The molecule has 1 saturated carbocycles. The molecule has 2 rings (SSSR count). The molecule has 1 aromatic carbocycles. The predicted octanol–water partition coefficient (Wildman–Crippen LogP) is 3.78. The second kappa shape index (κ2) is 5.31. The van der Waals surface area contributed by atoms with E-state index in [0.29, 0.717) is 11.5 Å². The smallest absolute Gasteiger partial charge is 0.118 e. The van der Waals surface area contributed by atoms with E-state index < -0.39 is 0 Å². The molecule has 0 bridgehead atoms. The Morgan fingerprint density at radius 2 is 1.83 bits per heavy atom. The maximum absolute atomic E-state index is 5.22. The van der Waals surface area contributed by atoms with Crippen molar-refractivity contribution in [2.75, 3.05) is 13.7 Å². The molecule has 2 nitrogen and oxygen atoms in total. The summed E-state index contributed by atoms with van der Waals surface area (Å²) in [5, 5.41) is 3.73. The van der Waals surface area contributed by atoms with Crippen molar-refractivity contribution in [3.63, 3.8) is 0 Å². The van der Waals surface area contributed by atoms with E-state index in [0.717, 1.165) is 18.2 Å². The first kappa shape index (κ1) is 13.4. The lowest BCUT2D eigenvalue weighted by atomic mass is 9.94. The minimum atomic E-state index is 0.333. The highest BCUT2D eigenvalue weighted by Crippen LogP contribution is 2.41. The van der Waals surface area contributed by atoms with Crippen molar-refractivity contribution in [1.82, 2.24) is 5.32 Å². The molecule has 1 aliphatic carbocycles. The third-order valence-corrected chi connectivity index (χ3v) is 3.42. The molecule has 1 aliphatic rings. The van der Waals surface area contributed by atoms with Crippen LogP contribution >= 0.6 is 0 Å². The maximum atomic E-state index is 5.22. The lowest BCUT2D eigenvalue weighted by Gasteiger charge is -2.25. The molecule has 0 aliphatic heterocycles. The second-order valence-electron chi connectivity index (χ2n) is 6.53. The van der Waals surface area contributed by atoms with Crippen molar-refractivity contribution in [2.45, 2.75) is 39.7 Å². The molecule has 0 spiro atoms. The quantitative estimate of drug-likeness (QED) is 0.855. The first-order valence-electron chi connectivity index (χ1n) is 6.87. The van der Waals surface area contributed by atoms with Gasteiger partial charge in [-0.25, -0.2) is 0 Å². The van der Waals surface area contributed by atoms with Gasteiger partial charge >= 0.3 is 0 Å². The number of rotatable bonds is 5. The second-order valence-corrected chi connectivity index (χ2v) is 6.53. The zero-order valence-corrected chi connectivity index (χ0v) is 12.0. The Kier molecular flexibility index (Phi) is 3.96. The third kappa shape index (κ3) is 3.74. The van der Waals surface area contributed by atoms with Crippen molar-refractivity contribution >= 4 is 0 Å². The molecule has 0 saturated heterocycles. The van der Waals surface area contributed by atoms with Crippen LogP contribution in [0.1, 0.15) is 45.2 Å². The Labute approximate surface area is 111 Å². The number of methoxy groups -OCH3 is 1. The molecule has 0 aromatic heterocycles. The van der Waals surface area contributed by atoms with Crippen LogP contribution in [0.3, 0.4) is 0 Å². The standard InChI is InChI=1S/C16H25NO/c1-16(2,3)11-17-15(12-5-6-12)13-7-9-14(18-4)10-8-13/h7-10,12,15,17H,5-6,11H2,1-4H3. The van der Waals surface area contributed by atoms with E-state index in [1.165, 1.54) is 18.4 Å². The van der Waals surface area contributed by atoms with Crippen LogP contribution in [-0.4, -0.2) is 13.7 Å². The first-order chi connectivity index (χ1) is 8.49. The molecule has 0 radical (unpaired) electrons. The number of hydrogen-bond acceptors (Lipinski definition) is 2. The van der Waals surface area contributed by atoms with E-state index in [9.17, 15) is 0 Å². The summed E-state index contributed by atoms with van der Waals surface area (Å²) >= 11 is 0. The minimum absolute atomic E-state index is 0.333. The Hall–Kier alpha value is -1.02. The van der Waals surface area contributed by atoms with Crippen molar-refractivity contribution in [2.24, 2.45) is 11.3 Å². The average Bonchev–Trinajstić information content (AvgIpc) is 3.13. The number of hydrogen-bond donors (Lipinski definition) is 1. The van der Waals surface area contributed by atoms with Gasteiger partial charge in [-0.2, -0.15) is 0 Å². The first-order valence-corrected chi connectivity index (χ1v) is 6.87. The fraction of sp³-hybridized carbons (Fsp3) is 0.625. The van der Waals surface area contributed by atoms with Gasteiger partial charge in [0, 0.05) is 12.6 Å². The monoisotopic (exact) mass is 247 g/mol. The Bertz CT molecular complexity index is 373. The summed E-state index contributed by atoms with van der Waals surface area (Å²) in [7, 11) is 1.71. The fourth-order valence-electron chi connectivity index (χ4n) is 2.21. The Balaban J connectivity index is 2.04. The topological polar surface area (TPSA) is 21.3 Å². The van der Waals surface area contributed by atoms with Gasteiger partial charge in [0.1, 0.15) is 5.75 Å². The van der Waals surface area contributed by atoms with Gasteiger partial charge in [-0.05, 0) is 41.9 Å². The summed E-state index contributed by atoms with van der Waals surface area (Å²) in [4.78, 5) is 0. The van der Waals surface area contributed by atoms with Crippen LogP contribution in [0.2, 0.25) is 0 Å². The molecule has 1 atom stereocenters. The molecule has 0 amide bonds. The maximum Gasteiger partial charge on any atom is 0.118 e. The van der Waals surface area contributed by atoms with Crippen molar-refractivity contribution in [3.8, 4) is 5.75 Å². The van der Waals surface area contributed by atoms with Gasteiger partial charge in [-0.3, -0.25) is 0 Å². The minimum Gasteiger partial charge on any atom is -0.497 e. The highest BCUT2D eigenvalue weighted by molar-refractivity contribution is 5.30. The summed E-state index contributed by atoms with van der Waals surface area (Å²) in [5.41, 5.74) is 1.72. The molecular formula is C16H25NO. The SMILES string of the molecule is COc1ccc(C(NCC(C)(C)C)C2CC2)cc1. The summed E-state index contributed by atoms with van der Waals surface area (Å²) in [6.07, 6.45) is 2.71. The molecular weight excluding hydrogens is 222 g/mol. The lowest BCUT2D eigenvalue weighted by molar-refractivity contribution is 0.339. The van der Waals surface area contributed by atoms with Gasteiger partial charge in [0.05, 0.1) is 7.11 Å². The molecule has 1 aromatic rings. The Morgan fingerprint density at radius 3 is 2.28 bits per heavy atom. The number of benzene rings is 1. The van der Waals surface area contributed by atoms with E-state index in [1.54, 1.807) is 7.11 Å². The molecule has 18 heavy (non-hydrogen) atoms. The molecule has 1 unspecified atom stereocenters. The van der Waals surface area contributed by atoms with Crippen LogP contribution in [-0.2, 0) is 0 Å². The van der Waals surface area contributed by atoms with Gasteiger partial charge in [0.25, 0.3) is 0 Å². The number of nitrogens with one attached hydrogen (secondary N) is 1. The van der Waals surface area contributed by atoms with Gasteiger partial charge < -0.3 is 10.1 Å². The van der Waals surface area contributed by atoms with Crippen LogP contribution in [0.5, 0.6) is 5.75 Å². The van der Waals surface area contributed by atoms with Gasteiger partial charge in [-0.15, -0.1) is 0 Å². The van der Waals surface area contributed by atoms with Crippen LogP contribution in [0.15, 0.2) is 24.3 Å². The average molecular weight is 247 g/mol. The van der Waals surface area contributed by atoms with Gasteiger partial charge in [-0.1, -0.05) is 32.9 Å². The van der Waals surface area contributed by atoms with Crippen molar-refractivity contribution < 1.29 is 4.74 Å². The largest absolute Gasteiger partial charge is 0.497 e. The van der Waals surface area contributed by atoms with Crippen LogP contribution in [0.25, 0.3) is 0 Å². The van der Waals surface area contributed by atoms with E-state index in [-0.39, 0.29) is 0 Å². The van der Waals surface area contributed by atoms with Crippen LogP contribution in [0, 0.1) is 11.3 Å². The van der Waals surface area contributed by atoms with Crippen molar-refractivity contribution in [3.05, 3.63) is 29.8 Å². The molecule has 1 fully saturated rings. The van der Waals surface area contributed by atoms with Gasteiger partial charge in [0.15, 0.2) is 0 Å². The number of ether oxygens (including phenoxy) is 1. The van der Waals surface area contributed by atoms with E-state index in [1.807, 2.05) is 0 Å². The van der Waals surface area contributed by atoms with E-state index in [2.05, 4.69) is 50.4 Å². The summed E-state index contributed by atoms with van der Waals surface area (Å²) in [6.45, 7) is 7.88. The summed E-state index contributed by atoms with van der Waals surface area (Å²) in [6, 6.07) is 9.01. The van der Waals surface area contributed by atoms with E-state index in [4.69, 9.17) is 4.74 Å². The molecule has 1 N–H and O–H groups in total. The highest BCUT2D eigenvalue weighted by Gasteiger charge is 2.32. The Morgan fingerprint density at radius 1 is 1.22 bits per heavy atom. The predicted molar refractivity (Wildman–Crippen MR) is 75.9 cm³/mol. The zero-order chi connectivity index (χ0) is 13.2. The third-order valence-electron chi connectivity index (χ3n) is 3.42. The van der Waals surface area contributed by atoms with E-state index >= 15 is 0 Å². The fourth-order valence-corrected chi connectivity index (χ4v) is 2.21. The zero-order valence-electron chi connectivity index (χ0n) is 12.0. The molecule has 0 heterocycles. The van der Waals surface area contributed by atoms with Gasteiger partial charge in [0.2, 0.25) is 0 Å². The molecule has 100 valence electrons. The van der Waals surface area contributed by atoms with Crippen LogP contribution < -0.4 is 10.1 Å². The molecule has 2 heteroatoms. The highest BCUT2D eigenvalue weighted by atomic mass is 16.5. The lowest BCUT2D eigenvalue weighted by Crippen LogP contribution is -2.31. The summed E-state index contributed by atoms with van der Waals surface area (Å²) in [5.74, 6) is 1.75. The normalized spacial score (nSPS) is 17.6. The summed E-state index contributed by atoms with van der Waals surface area (Å²) < 4.78 is 5.22. The van der Waals surface area contributed by atoms with Crippen molar-refractivity contribution in [1.29, 1.82) is 0 Å².